The molecular weight excluding hydrogens is 332 g/mol. The maximum atomic E-state index is 12.8. The first-order valence-electron chi connectivity index (χ1n) is 8.83. The Labute approximate surface area is 155 Å². The summed E-state index contributed by atoms with van der Waals surface area (Å²) in [5, 5.41) is 34.2. The fourth-order valence-corrected chi connectivity index (χ4v) is 2.69. The number of allylic oxidation sites excluding steroid dienone is 4. The largest absolute Gasteiger partial charge is 0.872 e. The summed E-state index contributed by atoms with van der Waals surface area (Å²) >= 11 is 0. The van der Waals surface area contributed by atoms with Gasteiger partial charge in [0.2, 0.25) is 5.78 Å². The summed E-state index contributed by atoms with van der Waals surface area (Å²) in [7, 11) is 0. The molecule has 5 nitrogen and oxygen atoms in total. The van der Waals surface area contributed by atoms with Crippen LogP contribution in [-0.4, -0.2) is 27.4 Å². The molecule has 1 aliphatic carbocycles. The molecule has 5 heteroatoms. The van der Waals surface area contributed by atoms with Crippen LogP contribution in [0, 0.1) is 5.92 Å². The molecule has 0 aromatic rings. The van der Waals surface area contributed by atoms with Crippen molar-refractivity contribution >= 4 is 11.6 Å². The van der Waals surface area contributed by atoms with Gasteiger partial charge in [0.25, 0.3) is 0 Å². The van der Waals surface area contributed by atoms with Crippen LogP contribution >= 0.6 is 0 Å². The molecule has 144 valence electrons. The van der Waals surface area contributed by atoms with Gasteiger partial charge < -0.3 is 15.3 Å². The smallest absolute Gasteiger partial charge is 0.205 e. The molecule has 0 spiro atoms. The maximum absolute atomic E-state index is 12.8. The van der Waals surface area contributed by atoms with Crippen LogP contribution in [0.2, 0.25) is 0 Å². The molecule has 0 unspecified atom stereocenters. The average molecular weight is 361 g/mol. The van der Waals surface area contributed by atoms with Crippen molar-refractivity contribution in [3.8, 4) is 0 Å². The van der Waals surface area contributed by atoms with Gasteiger partial charge in [0.1, 0.15) is 5.76 Å². The Hall–Kier alpha value is -2.14. The highest BCUT2D eigenvalue weighted by molar-refractivity contribution is 6.25. The van der Waals surface area contributed by atoms with Gasteiger partial charge in [-0.05, 0) is 45.6 Å². The second-order valence-corrected chi connectivity index (χ2v) is 7.71. The van der Waals surface area contributed by atoms with Gasteiger partial charge in [-0.25, -0.2) is 0 Å². The number of aliphatic hydroxyl groups is 2. The third-order valence-electron chi connectivity index (χ3n) is 4.17. The summed E-state index contributed by atoms with van der Waals surface area (Å²) in [6.45, 7) is 10.9. The minimum absolute atomic E-state index is 0.0300. The third-order valence-corrected chi connectivity index (χ3v) is 4.17. The molecule has 0 amide bonds. The lowest BCUT2D eigenvalue weighted by atomic mass is 9.76. The van der Waals surface area contributed by atoms with Gasteiger partial charge in [0, 0.05) is 12.8 Å². The quantitative estimate of drug-likeness (QED) is 0.536. The van der Waals surface area contributed by atoms with Crippen molar-refractivity contribution in [1.29, 1.82) is 0 Å². The fourth-order valence-electron chi connectivity index (χ4n) is 2.69. The molecule has 0 fully saturated rings. The zero-order valence-electron chi connectivity index (χ0n) is 16.5. The molecule has 0 aromatic carbocycles. The monoisotopic (exact) mass is 361 g/mol. The molecule has 0 radical (unpaired) electrons. The summed E-state index contributed by atoms with van der Waals surface area (Å²) < 4.78 is 0. The SMILES string of the molecule is CC(C)=CCC1=C(O)[C@](O)(CC=C(C)C)C(=O)C(C(=O)CC(C)C)=C1[O-]. The van der Waals surface area contributed by atoms with E-state index in [9.17, 15) is 24.9 Å². The molecule has 0 saturated heterocycles. The number of Topliss-reactive ketones (excluding diaryl/α,β-unsaturated/α-hetero) is 2. The van der Waals surface area contributed by atoms with E-state index < -0.39 is 34.3 Å². The number of carbonyl (C=O) groups excluding carboxylic acids is 2. The first-order valence-corrected chi connectivity index (χ1v) is 8.83. The Balaban J connectivity index is 3.57. The van der Waals surface area contributed by atoms with Gasteiger partial charge in [-0.15, -0.1) is 0 Å². The fraction of sp³-hybridized carbons (Fsp3) is 0.524. The molecule has 0 aliphatic heterocycles. The number of ketones is 2. The predicted molar refractivity (Wildman–Crippen MR) is 99.2 cm³/mol. The van der Waals surface area contributed by atoms with Crippen LogP contribution < -0.4 is 5.11 Å². The van der Waals surface area contributed by atoms with Crippen LogP contribution in [-0.2, 0) is 9.59 Å². The Morgan fingerprint density at radius 1 is 1.15 bits per heavy atom. The molecule has 1 atom stereocenters. The van der Waals surface area contributed by atoms with E-state index in [1.807, 2.05) is 27.7 Å². The Bertz CT molecular complexity index is 711. The summed E-state index contributed by atoms with van der Waals surface area (Å²) in [6, 6.07) is 0. The first kappa shape index (κ1) is 21.9. The summed E-state index contributed by atoms with van der Waals surface area (Å²) in [4.78, 5) is 25.3. The first-order chi connectivity index (χ1) is 11.9. The van der Waals surface area contributed by atoms with E-state index in [1.54, 1.807) is 26.0 Å². The summed E-state index contributed by atoms with van der Waals surface area (Å²) in [5.74, 6) is -3.07. The van der Waals surface area contributed by atoms with Gasteiger partial charge >= 0.3 is 0 Å². The standard InChI is InChI=1S/C21H30O5/c1-12(2)7-8-15-18(23)17(16(22)11-14(5)6)20(25)21(26,19(15)24)10-9-13(3)4/h7,9,14,23-24,26H,8,10-11H2,1-6H3/p-1/t21-/m1/s1. The Kier molecular flexibility index (Phi) is 7.16. The van der Waals surface area contributed by atoms with E-state index in [4.69, 9.17) is 0 Å². The lowest BCUT2D eigenvalue weighted by Crippen LogP contribution is -2.48. The van der Waals surface area contributed by atoms with Crippen LogP contribution in [0.4, 0.5) is 0 Å². The van der Waals surface area contributed by atoms with Crippen molar-refractivity contribution in [3.05, 3.63) is 46.0 Å². The van der Waals surface area contributed by atoms with E-state index in [0.29, 0.717) is 0 Å². The molecule has 0 aromatic heterocycles. The number of rotatable bonds is 7. The molecule has 0 bridgehead atoms. The van der Waals surface area contributed by atoms with Gasteiger partial charge in [-0.2, -0.15) is 0 Å². The van der Waals surface area contributed by atoms with E-state index in [1.165, 1.54) is 0 Å². The molecule has 0 saturated carbocycles. The molecule has 1 aliphatic rings. The van der Waals surface area contributed by atoms with Crippen molar-refractivity contribution in [2.45, 2.75) is 66.4 Å². The minimum Gasteiger partial charge on any atom is -0.872 e. The van der Waals surface area contributed by atoms with E-state index in [-0.39, 0.29) is 30.8 Å². The lowest BCUT2D eigenvalue weighted by molar-refractivity contribution is -0.300. The minimum atomic E-state index is -2.28. The van der Waals surface area contributed by atoms with E-state index in [0.717, 1.165) is 11.1 Å². The van der Waals surface area contributed by atoms with Crippen molar-refractivity contribution < 1.29 is 24.9 Å². The van der Waals surface area contributed by atoms with Crippen LogP contribution in [0.25, 0.3) is 0 Å². The van der Waals surface area contributed by atoms with Gasteiger partial charge in [0.15, 0.2) is 11.4 Å². The zero-order valence-corrected chi connectivity index (χ0v) is 16.5. The molecule has 26 heavy (non-hydrogen) atoms. The highest BCUT2D eigenvalue weighted by Crippen LogP contribution is 2.37. The second kappa shape index (κ2) is 8.49. The van der Waals surface area contributed by atoms with Crippen molar-refractivity contribution in [2.75, 3.05) is 0 Å². The Morgan fingerprint density at radius 2 is 1.69 bits per heavy atom. The van der Waals surface area contributed by atoms with Gasteiger partial charge in [-0.1, -0.05) is 42.9 Å². The number of hydrogen-bond donors (Lipinski definition) is 2. The highest BCUT2D eigenvalue weighted by Gasteiger charge is 2.47. The number of aliphatic hydroxyl groups excluding tert-OH is 1. The normalized spacial score (nSPS) is 20.5. The van der Waals surface area contributed by atoms with Crippen molar-refractivity contribution in [3.63, 3.8) is 0 Å². The summed E-state index contributed by atoms with van der Waals surface area (Å²) in [6.07, 6.45) is 3.21. The van der Waals surface area contributed by atoms with E-state index in [2.05, 4.69) is 0 Å². The van der Waals surface area contributed by atoms with Crippen LogP contribution in [0.15, 0.2) is 46.0 Å². The molecule has 1 rings (SSSR count). The van der Waals surface area contributed by atoms with Gasteiger partial charge in [-0.3, -0.25) is 9.59 Å². The highest BCUT2D eigenvalue weighted by atomic mass is 16.3. The predicted octanol–water partition coefficient (Wildman–Crippen LogP) is 3.05. The Morgan fingerprint density at radius 3 is 2.15 bits per heavy atom. The van der Waals surface area contributed by atoms with Crippen LogP contribution in [0.3, 0.4) is 0 Å². The van der Waals surface area contributed by atoms with E-state index >= 15 is 0 Å². The molecule has 0 heterocycles. The zero-order chi connectivity index (χ0) is 20.2. The summed E-state index contributed by atoms with van der Waals surface area (Å²) in [5.41, 5.74) is -1.14. The van der Waals surface area contributed by atoms with Crippen LogP contribution in [0.1, 0.15) is 60.8 Å². The second-order valence-electron chi connectivity index (χ2n) is 7.71. The topological polar surface area (TPSA) is 97.7 Å². The van der Waals surface area contributed by atoms with Gasteiger partial charge in [0.05, 0.1) is 5.57 Å². The van der Waals surface area contributed by atoms with Crippen molar-refractivity contribution in [1.82, 2.24) is 0 Å². The van der Waals surface area contributed by atoms with Crippen molar-refractivity contribution in [2.24, 2.45) is 5.92 Å². The maximum Gasteiger partial charge on any atom is 0.205 e. The number of carbonyl (C=O) groups is 2. The lowest BCUT2D eigenvalue weighted by Gasteiger charge is -2.36. The average Bonchev–Trinajstić information content (AvgIpc) is 2.50. The third kappa shape index (κ3) is 4.73. The molecule has 2 N–H and O–H groups in total. The number of hydrogen-bond acceptors (Lipinski definition) is 5. The van der Waals surface area contributed by atoms with Crippen LogP contribution in [0.5, 0.6) is 0 Å². The molecular formula is C21H29O5-.